The van der Waals surface area contributed by atoms with Gasteiger partial charge in [-0.3, -0.25) is 4.79 Å². The first-order valence-corrected chi connectivity index (χ1v) is 5.25. The molecule has 0 amide bonds. The number of rotatable bonds is 1. The maximum absolute atomic E-state index is 11.7. The Morgan fingerprint density at radius 1 is 1.19 bits per heavy atom. The predicted molar refractivity (Wildman–Crippen MR) is 57.3 cm³/mol. The summed E-state index contributed by atoms with van der Waals surface area (Å²) in [4.78, 5) is 11.7. The molecule has 1 saturated carbocycles. The van der Waals surface area contributed by atoms with Crippen LogP contribution in [0, 0.1) is 5.41 Å². The molecule has 0 spiro atoms. The average Bonchev–Trinajstić information content (AvgIpc) is 2.85. The Morgan fingerprint density at radius 2 is 2.00 bits per heavy atom. The van der Waals surface area contributed by atoms with Gasteiger partial charge in [-0.05, 0) is 24.1 Å². The summed E-state index contributed by atoms with van der Waals surface area (Å²) in [6, 6.07) is 5.46. The van der Waals surface area contributed by atoms with E-state index in [1.54, 1.807) is 6.07 Å². The Hall–Kier alpha value is -1.84. The summed E-state index contributed by atoms with van der Waals surface area (Å²) in [7, 11) is 0. The molecule has 1 heterocycles. The van der Waals surface area contributed by atoms with E-state index in [0.29, 0.717) is 30.1 Å². The van der Waals surface area contributed by atoms with Crippen LogP contribution >= 0.6 is 0 Å². The highest BCUT2D eigenvalue weighted by molar-refractivity contribution is 6.14. The minimum atomic E-state index is -0.366. The van der Waals surface area contributed by atoms with Crippen molar-refractivity contribution in [1.82, 2.24) is 0 Å². The molecular formula is C12H11NO3. The number of Topliss-reactive ketones (excluding diaryl/α,β-unsaturated/α-hetero) is 1. The molecule has 0 bridgehead atoms. The fourth-order valence-corrected chi connectivity index (χ4v) is 2.22. The van der Waals surface area contributed by atoms with Crippen molar-refractivity contribution in [3.05, 3.63) is 23.8 Å². The van der Waals surface area contributed by atoms with E-state index in [1.165, 1.54) is 0 Å². The average molecular weight is 217 g/mol. The third-order valence-corrected chi connectivity index (χ3v) is 3.04. The van der Waals surface area contributed by atoms with Gasteiger partial charge < -0.3 is 14.9 Å². The highest BCUT2D eigenvalue weighted by Crippen LogP contribution is 2.37. The molecule has 0 aromatic heterocycles. The SMILES string of the molecule is N=C1CCC(=O)C1c1ccc2c(c1)OCO2. The molecule has 4 nitrogen and oxygen atoms in total. The van der Waals surface area contributed by atoms with E-state index in [0.717, 1.165) is 5.56 Å². The van der Waals surface area contributed by atoms with Gasteiger partial charge in [-0.25, -0.2) is 0 Å². The predicted octanol–water partition coefficient (Wildman–Crippen LogP) is 1.88. The molecule has 1 aliphatic heterocycles. The zero-order valence-corrected chi connectivity index (χ0v) is 8.66. The Kier molecular flexibility index (Phi) is 1.96. The second kappa shape index (κ2) is 3.33. The second-order valence-electron chi connectivity index (χ2n) is 4.04. The molecule has 0 radical (unpaired) electrons. The highest BCUT2D eigenvalue weighted by atomic mass is 16.7. The van der Waals surface area contributed by atoms with Crippen LogP contribution in [-0.2, 0) is 4.79 Å². The van der Waals surface area contributed by atoms with E-state index in [1.807, 2.05) is 12.1 Å². The van der Waals surface area contributed by atoms with Crippen LogP contribution in [0.2, 0.25) is 0 Å². The normalized spacial score (nSPS) is 22.9. The van der Waals surface area contributed by atoms with Crippen molar-refractivity contribution in [2.45, 2.75) is 18.8 Å². The van der Waals surface area contributed by atoms with Gasteiger partial charge in [-0.15, -0.1) is 0 Å². The lowest BCUT2D eigenvalue weighted by Gasteiger charge is -2.09. The van der Waals surface area contributed by atoms with Crippen molar-refractivity contribution in [3.63, 3.8) is 0 Å². The summed E-state index contributed by atoms with van der Waals surface area (Å²) in [5, 5.41) is 7.78. The summed E-state index contributed by atoms with van der Waals surface area (Å²) >= 11 is 0. The van der Waals surface area contributed by atoms with E-state index in [9.17, 15) is 4.79 Å². The largest absolute Gasteiger partial charge is 0.454 e. The molecule has 16 heavy (non-hydrogen) atoms. The Bertz CT molecular complexity index is 465. The van der Waals surface area contributed by atoms with Crippen molar-refractivity contribution >= 4 is 11.5 Å². The number of ketones is 1. The number of fused-ring (bicyclic) bond motifs is 1. The van der Waals surface area contributed by atoms with Crippen LogP contribution in [0.3, 0.4) is 0 Å². The minimum absolute atomic E-state index is 0.129. The third-order valence-electron chi connectivity index (χ3n) is 3.04. The lowest BCUT2D eigenvalue weighted by molar-refractivity contribution is -0.118. The van der Waals surface area contributed by atoms with Gasteiger partial charge in [0.1, 0.15) is 5.78 Å². The van der Waals surface area contributed by atoms with Crippen LogP contribution in [0.1, 0.15) is 24.3 Å². The van der Waals surface area contributed by atoms with Crippen LogP contribution in [-0.4, -0.2) is 18.3 Å². The molecule has 1 aromatic rings. The number of carbonyl (C=O) groups excluding carboxylic acids is 1. The molecule has 4 heteroatoms. The Balaban J connectivity index is 2.00. The van der Waals surface area contributed by atoms with E-state index in [2.05, 4.69) is 0 Å². The standard InChI is InChI=1S/C12H11NO3/c13-8-2-3-9(14)12(8)7-1-4-10-11(5-7)16-6-15-10/h1,4-5,12-13H,2-3,6H2. The highest BCUT2D eigenvalue weighted by Gasteiger charge is 2.32. The van der Waals surface area contributed by atoms with Crippen LogP contribution in [0.15, 0.2) is 18.2 Å². The first-order valence-electron chi connectivity index (χ1n) is 5.25. The molecule has 1 N–H and O–H groups in total. The maximum atomic E-state index is 11.7. The van der Waals surface area contributed by atoms with Crippen molar-refractivity contribution in [2.75, 3.05) is 6.79 Å². The van der Waals surface area contributed by atoms with Crippen LogP contribution in [0.5, 0.6) is 11.5 Å². The van der Waals surface area contributed by atoms with Crippen LogP contribution in [0.25, 0.3) is 0 Å². The van der Waals surface area contributed by atoms with Gasteiger partial charge >= 0.3 is 0 Å². The molecule has 1 fully saturated rings. The summed E-state index contributed by atoms with van der Waals surface area (Å²) in [5.41, 5.74) is 1.35. The van der Waals surface area contributed by atoms with Crippen molar-refractivity contribution < 1.29 is 14.3 Å². The van der Waals surface area contributed by atoms with Crippen molar-refractivity contribution in [3.8, 4) is 11.5 Å². The topological polar surface area (TPSA) is 59.4 Å². The van der Waals surface area contributed by atoms with Gasteiger partial charge in [0.2, 0.25) is 6.79 Å². The van der Waals surface area contributed by atoms with E-state index in [-0.39, 0.29) is 18.5 Å². The van der Waals surface area contributed by atoms with Gasteiger partial charge in [0, 0.05) is 12.1 Å². The lowest BCUT2D eigenvalue weighted by Crippen LogP contribution is -2.11. The van der Waals surface area contributed by atoms with Crippen molar-refractivity contribution in [1.29, 1.82) is 5.41 Å². The number of ether oxygens (including phenoxy) is 2. The summed E-state index contributed by atoms with van der Waals surface area (Å²) in [5.74, 6) is 1.14. The zero-order valence-electron chi connectivity index (χ0n) is 8.66. The van der Waals surface area contributed by atoms with Gasteiger partial charge in [0.15, 0.2) is 11.5 Å². The summed E-state index contributed by atoms with van der Waals surface area (Å²) in [6.45, 7) is 0.231. The minimum Gasteiger partial charge on any atom is -0.454 e. The molecule has 2 aliphatic rings. The molecule has 0 saturated heterocycles. The fourth-order valence-electron chi connectivity index (χ4n) is 2.22. The van der Waals surface area contributed by atoms with E-state index >= 15 is 0 Å². The number of nitrogens with one attached hydrogen (secondary N) is 1. The fraction of sp³-hybridized carbons (Fsp3) is 0.333. The monoisotopic (exact) mass is 217 g/mol. The molecule has 1 aliphatic carbocycles. The smallest absolute Gasteiger partial charge is 0.231 e. The maximum Gasteiger partial charge on any atom is 0.231 e. The molecule has 1 atom stereocenters. The van der Waals surface area contributed by atoms with Gasteiger partial charge in [-0.1, -0.05) is 6.07 Å². The van der Waals surface area contributed by atoms with Gasteiger partial charge in [-0.2, -0.15) is 0 Å². The summed E-state index contributed by atoms with van der Waals surface area (Å²) in [6.07, 6.45) is 1.07. The lowest BCUT2D eigenvalue weighted by atomic mass is 9.95. The first kappa shape index (κ1) is 9.39. The van der Waals surface area contributed by atoms with Gasteiger partial charge in [0.05, 0.1) is 5.92 Å². The molecule has 1 aromatic carbocycles. The van der Waals surface area contributed by atoms with Crippen molar-refractivity contribution in [2.24, 2.45) is 0 Å². The van der Waals surface area contributed by atoms with E-state index in [4.69, 9.17) is 14.9 Å². The number of benzene rings is 1. The zero-order chi connectivity index (χ0) is 11.1. The third kappa shape index (κ3) is 1.30. The second-order valence-corrected chi connectivity index (χ2v) is 4.04. The Labute approximate surface area is 92.7 Å². The molecular weight excluding hydrogens is 206 g/mol. The number of hydrogen-bond acceptors (Lipinski definition) is 4. The van der Waals surface area contributed by atoms with Gasteiger partial charge in [0.25, 0.3) is 0 Å². The first-order chi connectivity index (χ1) is 7.75. The Morgan fingerprint density at radius 3 is 2.75 bits per heavy atom. The van der Waals surface area contributed by atoms with Crippen LogP contribution < -0.4 is 9.47 Å². The van der Waals surface area contributed by atoms with Crippen LogP contribution in [0.4, 0.5) is 0 Å². The molecule has 3 rings (SSSR count). The molecule has 1 unspecified atom stereocenters. The van der Waals surface area contributed by atoms with E-state index < -0.39 is 0 Å². The summed E-state index contributed by atoms with van der Waals surface area (Å²) < 4.78 is 10.5. The molecule has 82 valence electrons. The quantitative estimate of drug-likeness (QED) is 0.781. The number of hydrogen-bond donors (Lipinski definition) is 1. The number of carbonyl (C=O) groups is 1.